The first-order valence-corrected chi connectivity index (χ1v) is 6.88. The summed E-state index contributed by atoms with van der Waals surface area (Å²) in [4.78, 5) is 12.7. The molecule has 0 spiro atoms. The quantitative estimate of drug-likeness (QED) is 0.660. The van der Waals surface area contributed by atoms with Gasteiger partial charge in [-0.25, -0.2) is 0 Å². The number of anilines is 1. The number of benzene rings is 1. The minimum absolute atomic E-state index is 0.173. The van der Waals surface area contributed by atoms with Crippen LogP contribution in [0.1, 0.15) is 16.0 Å². The molecule has 0 atom stereocenters. The van der Waals surface area contributed by atoms with Crippen LogP contribution in [0.5, 0.6) is 0 Å². The number of hydrazine groups is 1. The zero-order valence-electron chi connectivity index (χ0n) is 10.9. The predicted octanol–water partition coefficient (Wildman–Crippen LogP) is 3.52. The Balaban J connectivity index is 1.90. The van der Waals surface area contributed by atoms with E-state index in [1.54, 1.807) is 17.4 Å². The number of hydrogen-bond acceptors (Lipinski definition) is 3. The molecule has 1 heterocycles. The van der Waals surface area contributed by atoms with Crippen LogP contribution < -0.4 is 10.9 Å². The van der Waals surface area contributed by atoms with Crippen molar-refractivity contribution in [3.63, 3.8) is 0 Å². The second kappa shape index (κ2) is 6.20. The van der Waals surface area contributed by atoms with Gasteiger partial charge in [-0.3, -0.25) is 15.6 Å². The van der Waals surface area contributed by atoms with Gasteiger partial charge in [0.05, 0.1) is 5.69 Å². The molecule has 98 valence electrons. The van der Waals surface area contributed by atoms with Crippen LogP contribution in [0.15, 0.2) is 41.8 Å². The average molecular weight is 272 g/mol. The number of carbonyl (C=O) groups is 1. The van der Waals surface area contributed by atoms with E-state index in [-0.39, 0.29) is 5.91 Å². The highest BCUT2D eigenvalue weighted by Crippen LogP contribution is 2.14. The number of hydrogen-bond donors (Lipinski definition) is 2. The Morgan fingerprint density at radius 3 is 2.79 bits per heavy atom. The fourth-order valence-corrected chi connectivity index (χ4v) is 2.29. The number of nitrogens with one attached hydrogen (secondary N) is 2. The number of thiophene rings is 1. The molecular formula is C15H16N2OS. The smallest absolute Gasteiger partial charge is 0.262 e. The van der Waals surface area contributed by atoms with Gasteiger partial charge in [0, 0.05) is 11.0 Å². The lowest BCUT2D eigenvalue weighted by Gasteiger charge is -2.10. The summed E-state index contributed by atoms with van der Waals surface area (Å²) in [5, 5.41) is 1.98. The summed E-state index contributed by atoms with van der Waals surface area (Å²) < 4.78 is 0. The van der Waals surface area contributed by atoms with Crippen LogP contribution in [0.25, 0.3) is 6.08 Å². The summed E-state index contributed by atoms with van der Waals surface area (Å²) in [6.07, 6.45) is 3.31. The molecule has 0 saturated heterocycles. The number of rotatable bonds is 4. The van der Waals surface area contributed by atoms with Gasteiger partial charge >= 0.3 is 0 Å². The van der Waals surface area contributed by atoms with Crippen molar-refractivity contribution in [3.05, 3.63) is 57.8 Å². The van der Waals surface area contributed by atoms with Gasteiger partial charge in [-0.1, -0.05) is 23.8 Å². The van der Waals surface area contributed by atoms with Crippen molar-refractivity contribution in [2.24, 2.45) is 0 Å². The highest BCUT2D eigenvalue weighted by atomic mass is 32.1. The molecule has 1 aromatic heterocycles. The lowest BCUT2D eigenvalue weighted by atomic mass is 10.1. The van der Waals surface area contributed by atoms with Gasteiger partial charge in [-0.15, -0.1) is 11.3 Å². The molecule has 2 rings (SSSR count). The molecule has 0 unspecified atom stereocenters. The third-order valence-corrected chi connectivity index (χ3v) is 3.48. The van der Waals surface area contributed by atoms with E-state index in [4.69, 9.17) is 0 Å². The molecule has 3 nitrogen and oxygen atoms in total. The molecule has 19 heavy (non-hydrogen) atoms. The lowest BCUT2D eigenvalue weighted by molar-refractivity contribution is -0.115. The molecule has 2 aromatic rings. The van der Waals surface area contributed by atoms with E-state index in [0.29, 0.717) is 0 Å². The fraction of sp³-hybridized carbons (Fsp3) is 0.133. The zero-order valence-corrected chi connectivity index (χ0v) is 11.8. The van der Waals surface area contributed by atoms with Crippen molar-refractivity contribution < 1.29 is 4.79 Å². The molecule has 0 bridgehead atoms. The molecular weight excluding hydrogens is 256 g/mol. The van der Waals surface area contributed by atoms with Crippen molar-refractivity contribution in [1.82, 2.24) is 5.43 Å². The Labute approximate surface area is 116 Å². The summed E-state index contributed by atoms with van der Waals surface area (Å²) in [6, 6.07) is 9.94. The maximum atomic E-state index is 11.6. The minimum atomic E-state index is -0.173. The number of carbonyl (C=O) groups excluding carboxylic acids is 1. The normalized spacial score (nSPS) is 10.6. The molecule has 1 aromatic carbocycles. The largest absolute Gasteiger partial charge is 0.298 e. The van der Waals surface area contributed by atoms with Gasteiger partial charge in [0.25, 0.3) is 5.91 Å². The topological polar surface area (TPSA) is 41.1 Å². The molecule has 0 fully saturated rings. The van der Waals surface area contributed by atoms with Gasteiger partial charge in [0.1, 0.15) is 0 Å². The Hall–Kier alpha value is -2.07. The highest BCUT2D eigenvalue weighted by Gasteiger charge is 1.99. The van der Waals surface area contributed by atoms with Crippen molar-refractivity contribution in [2.75, 3.05) is 5.43 Å². The van der Waals surface area contributed by atoms with Crippen LogP contribution >= 0.6 is 11.3 Å². The van der Waals surface area contributed by atoms with Crippen LogP contribution in [0, 0.1) is 13.8 Å². The Bertz CT molecular complexity index is 588. The molecule has 0 aliphatic heterocycles. The maximum absolute atomic E-state index is 11.6. The van der Waals surface area contributed by atoms with Crippen LogP contribution in [-0.4, -0.2) is 5.91 Å². The van der Waals surface area contributed by atoms with Gasteiger partial charge < -0.3 is 0 Å². The second-order valence-electron chi connectivity index (χ2n) is 4.28. The third kappa shape index (κ3) is 3.96. The van der Waals surface area contributed by atoms with E-state index in [9.17, 15) is 4.79 Å². The van der Waals surface area contributed by atoms with Crippen LogP contribution in [0.3, 0.4) is 0 Å². The van der Waals surface area contributed by atoms with Crippen LogP contribution in [0.4, 0.5) is 5.69 Å². The molecule has 4 heteroatoms. The van der Waals surface area contributed by atoms with Gasteiger partial charge in [0.2, 0.25) is 0 Å². The fourth-order valence-electron chi connectivity index (χ4n) is 1.67. The van der Waals surface area contributed by atoms with Gasteiger partial charge in [-0.05, 0) is 43.0 Å². The number of aryl methyl sites for hydroxylation is 2. The SMILES string of the molecule is Cc1ccc(NNC(=O)C=Cc2cccs2)c(C)c1. The third-order valence-electron chi connectivity index (χ3n) is 2.64. The number of amides is 1. The Morgan fingerprint density at radius 2 is 2.11 bits per heavy atom. The Kier molecular flexibility index (Phi) is 4.36. The van der Waals surface area contributed by atoms with E-state index in [2.05, 4.69) is 16.9 Å². The van der Waals surface area contributed by atoms with E-state index in [1.165, 1.54) is 11.6 Å². The summed E-state index contributed by atoms with van der Waals surface area (Å²) in [5.41, 5.74) is 8.78. The summed E-state index contributed by atoms with van der Waals surface area (Å²) in [6.45, 7) is 4.04. The predicted molar refractivity (Wildman–Crippen MR) is 81.0 cm³/mol. The minimum Gasteiger partial charge on any atom is -0.298 e. The molecule has 0 aliphatic rings. The molecule has 2 N–H and O–H groups in total. The zero-order chi connectivity index (χ0) is 13.7. The van der Waals surface area contributed by atoms with Crippen LogP contribution in [-0.2, 0) is 4.79 Å². The molecule has 0 aliphatic carbocycles. The summed E-state index contributed by atoms with van der Waals surface area (Å²) >= 11 is 1.60. The first-order chi connectivity index (χ1) is 9.15. The lowest BCUT2D eigenvalue weighted by Crippen LogP contribution is -2.27. The molecule has 0 radical (unpaired) electrons. The van der Waals surface area contributed by atoms with Crippen molar-refractivity contribution in [3.8, 4) is 0 Å². The second-order valence-corrected chi connectivity index (χ2v) is 5.26. The van der Waals surface area contributed by atoms with Crippen LogP contribution in [0.2, 0.25) is 0 Å². The van der Waals surface area contributed by atoms with Gasteiger partial charge in [0.15, 0.2) is 0 Å². The highest BCUT2D eigenvalue weighted by molar-refractivity contribution is 7.10. The van der Waals surface area contributed by atoms with E-state index in [0.717, 1.165) is 16.1 Å². The standard InChI is InChI=1S/C15H16N2OS/c1-11-5-7-14(12(2)10-11)16-17-15(18)8-6-13-4-3-9-19-13/h3-10,16H,1-2H3,(H,17,18). The van der Waals surface area contributed by atoms with Crippen molar-refractivity contribution in [1.29, 1.82) is 0 Å². The van der Waals surface area contributed by atoms with E-state index in [1.807, 2.05) is 43.5 Å². The van der Waals surface area contributed by atoms with Gasteiger partial charge in [-0.2, -0.15) is 0 Å². The first-order valence-electron chi connectivity index (χ1n) is 6.00. The monoisotopic (exact) mass is 272 g/mol. The summed E-state index contributed by atoms with van der Waals surface area (Å²) in [5.74, 6) is -0.173. The summed E-state index contributed by atoms with van der Waals surface area (Å²) in [7, 11) is 0. The molecule has 0 saturated carbocycles. The van der Waals surface area contributed by atoms with Crippen molar-refractivity contribution >= 4 is 29.0 Å². The Morgan fingerprint density at radius 1 is 1.26 bits per heavy atom. The maximum Gasteiger partial charge on any atom is 0.262 e. The van der Waals surface area contributed by atoms with Crippen molar-refractivity contribution in [2.45, 2.75) is 13.8 Å². The first kappa shape index (κ1) is 13.4. The van der Waals surface area contributed by atoms with E-state index >= 15 is 0 Å². The van der Waals surface area contributed by atoms with E-state index < -0.39 is 0 Å². The average Bonchev–Trinajstić information content (AvgIpc) is 2.88. The molecule has 1 amide bonds.